The molecule has 0 radical (unpaired) electrons. The molecule has 0 aromatic heterocycles. The predicted octanol–water partition coefficient (Wildman–Crippen LogP) is 2.54. The van der Waals surface area contributed by atoms with Crippen LogP contribution in [-0.4, -0.2) is 52.0 Å². The van der Waals surface area contributed by atoms with Crippen LogP contribution in [0, 0.1) is 12.8 Å². The van der Waals surface area contributed by atoms with Gasteiger partial charge in [-0.3, -0.25) is 0 Å². The van der Waals surface area contributed by atoms with E-state index in [1.807, 2.05) is 0 Å². The average molecular weight is 356 g/mol. The fraction of sp³-hybridized carbons (Fsp3) is 0.667. The molecule has 1 atom stereocenters. The van der Waals surface area contributed by atoms with Gasteiger partial charge in [0.1, 0.15) is 0 Å². The molecule has 0 spiro atoms. The van der Waals surface area contributed by atoms with Gasteiger partial charge in [-0.1, -0.05) is 37.6 Å². The largest absolute Gasteiger partial charge is 0.382 e. The van der Waals surface area contributed by atoms with Crippen molar-refractivity contribution in [1.29, 1.82) is 0 Å². The van der Waals surface area contributed by atoms with Crippen molar-refractivity contribution < 1.29 is 17.9 Å². The summed E-state index contributed by atoms with van der Waals surface area (Å²) in [5, 5.41) is 0. The molecular weight excluding hydrogens is 326 g/mol. The first-order valence-electron chi connectivity index (χ1n) is 8.52. The van der Waals surface area contributed by atoms with E-state index in [4.69, 9.17) is 9.47 Å². The standard InChI is InChI=1S/C18H29NO4S/c1-14(2)18-17-6-5-15(3)13-16(17)7-8-19(18)24(20,21)12-11-23-10-9-22-4/h5-6,13-14,18H,7-12H2,1-4H3. The van der Waals surface area contributed by atoms with Crippen LogP contribution in [-0.2, 0) is 25.9 Å². The van der Waals surface area contributed by atoms with Crippen molar-refractivity contribution in [3.63, 3.8) is 0 Å². The van der Waals surface area contributed by atoms with Crippen molar-refractivity contribution in [3.8, 4) is 0 Å². The molecule has 1 aromatic rings. The first-order chi connectivity index (χ1) is 11.4. The van der Waals surface area contributed by atoms with Crippen molar-refractivity contribution in [3.05, 3.63) is 34.9 Å². The van der Waals surface area contributed by atoms with Crippen LogP contribution in [0.4, 0.5) is 0 Å². The minimum atomic E-state index is -3.35. The fourth-order valence-corrected chi connectivity index (χ4v) is 4.93. The Morgan fingerprint density at radius 3 is 2.67 bits per heavy atom. The van der Waals surface area contributed by atoms with Gasteiger partial charge in [0.15, 0.2) is 0 Å². The Hall–Kier alpha value is -0.950. The van der Waals surface area contributed by atoms with Gasteiger partial charge in [0.25, 0.3) is 0 Å². The van der Waals surface area contributed by atoms with Gasteiger partial charge >= 0.3 is 0 Å². The molecule has 1 aliphatic rings. The average Bonchev–Trinajstić information content (AvgIpc) is 2.53. The van der Waals surface area contributed by atoms with Crippen LogP contribution in [0.3, 0.4) is 0 Å². The highest BCUT2D eigenvalue weighted by atomic mass is 32.2. The molecular formula is C18H29NO4S. The fourth-order valence-electron chi connectivity index (χ4n) is 3.29. The third kappa shape index (κ3) is 4.57. The Morgan fingerprint density at radius 2 is 2.00 bits per heavy atom. The predicted molar refractivity (Wildman–Crippen MR) is 95.6 cm³/mol. The smallest absolute Gasteiger partial charge is 0.216 e. The Balaban J connectivity index is 2.15. The number of sulfonamides is 1. The third-order valence-electron chi connectivity index (χ3n) is 4.44. The van der Waals surface area contributed by atoms with Gasteiger partial charge in [-0.15, -0.1) is 0 Å². The summed E-state index contributed by atoms with van der Waals surface area (Å²) in [6.07, 6.45) is 0.768. The molecule has 6 heteroatoms. The summed E-state index contributed by atoms with van der Waals surface area (Å²) in [5.41, 5.74) is 3.64. The summed E-state index contributed by atoms with van der Waals surface area (Å²) in [6, 6.07) is 6.24. The number of nitrogens with zero attached hydrogens (tertiary/aromatic N) is 1. The van der Waals surface area contributed by atoms with Crippen molar-refractivity contribution >= 4 is 10.0 Å². The first kappa shape index (κ1) is 19.4. The number of hydrogen-bond donors (Lipinski definition) is 0. The molecule has 2 rings (SSSR count). The Labute approximate surface area is 146 Å². The minimum absolute atomic E-state index is 0.0150. The second-order valence-electron chi connectivity index (χ2n) is 6.67. The maximum atomic E-state index is 12.8. The van der Waals surface area contributed by atoms with Crippen LogP contribution in [0.1, 0.15) is 36.6 Å². The van der Waals surface area contributed by atoms with E-state index in [1.165, 1.54) is 11.1 Å². The maximum Gasteiger partial charge on any atom is 0.216 e. The van der Waals surface area contributed by atoms with Crippen LogP contribution in [0.2, 0.25) is 0 Å². The van der Waals surface area contributed by atoms with Crippen LogP contribution < -0.4 is 0 Å². The van der Waals surface area contributed by atoms with E-state index in [0.717, 1.165) is 12.0 Å². The molecule has 0 aliphatic carbocycles. The molecule has 0 amide bonds. The van der Waals surface area contributed by atoms with Gasteiger partial charge < -0.3 is 9.47 Å². The SMILES string of the molecule is COCCOCCS(=O)(=O)N1CCc2cc(C)ccc2C1C(C)C. The van der Waals surface area contributed by atoms with Crippen molar-refractivity contribution in [1.82, 2.24) is 4.31 Å². The lowest BCUT2D eigenvalue weighted by Crippen LogP contribution is -2.43. The van der Waals surface area contributed by atoms with E-state index in [1.54, 1.807) is 11.4 Å². The molecule has 1 heterocycles. The second kappa shape index (κ2) is 8.43. The van der Waals surface area contributed by atoms with Crippen molar-refractivity contribution in [2.45, 2.75) is 33.2 Å². The highest BCUT2D eigenvalue weighted by molar-refractivity contribution is 7.89. The molecule has 1 aromatic carbocycles. The maximum absolute atomic E-state index is 12.8. The van der Waals surface area contributed by atoms with E-state index in [-0.39, 0.29) is 24.3 Å². The zero-order valence-electron chi connectivity index (χ0n) is 15.1. The number of fused-ring (bicyclic) bond motifs is 1. The van der Waals surface area contributed by atoms with E-state index in [9.17, 15) is 8.42 Å². The van der Waals surface area contributed by atoms with E-state index in [2.05, 4.69) is 39.0 Å². The molecule has 0 N–H and O–H groups in total. The van der Waals surface area contributed by atoms with Gasteiger partial charge in [0.2, 0.25) is 10.0 Å². The monoisotopic (exact) mass is 355 g/mol. The summed E-state index contributed by atoms with van der Waals surface area (Å²) < 4.78 is 37.6. The van der Waals surface area contributed by atoms with Gasteiger partial charge in [-0.05, 0) is 30.4 Å². The molecule has 0 bridgehead atoms. The van der Waals surface area contributed by atoms with Crippen molar-refractivity contribution in [2.75, 3.05) is 39.2 Å². The molecule has 5 nitrogen and oxygen atoms in total. The lowest BCUT2D eigenvalue weighted by molar-refractivity contribution is 0.0779. The minimum Gasteiger partial charge on any atom is -0.382 e. The Kier molecular flexibility index (Phi) is 6.80. The topological polar surface area (TPSA) is 55.8 Å². The molecule has 0 fully saturated rings. The number of aryl methyl sites for hydroxylation is 1. The number of methoxy groups -OCH3 is 1. The van der Waals surface area contributed by atoms with Gasteiger partial charge in [-0.25, -0.2) is 8.42 Å². The highest BCUT2D eigenvalue weighted by Crippen LogP contribution is 2.37. The Bertz CT molecular complexity index is 642. The molecule has 24 heavy (non-hydrogen) atoms. The summed E-state index contributed by atoms with van der Waals surface area (Å²) in [6.45, 7) is 7.87. The van der Waals surface area contributed by atoms with Crippen LogP contribution in [0.5, 0.6) is 0 Å². The molecule has 0 saturated carbocycles. The summed E-state index contributed by atoms with van der Waals surface area (Å²) in [4.78, 5) is 0. The summed E-state index contributed by atoms with van der Waals surface area (Å²) in [5.74, 6) is 0.233. The lowest BCUT2D eigenvalue weighted by Gasteiger charge is -2.39. The molecule has 1 aliphatic heterocycles. The zero-order valence-corrected chi connectivity index (χ0v) is 15.9. The van der Waals surface area contributed by atoms with Gasteiger partial charge in [0.05, 0.1) is 31.6 Å². The zero-order chi connectivity index (χ0) is 17.7. The number of ether oxygens (including phenoxy) is 2. The first-order valence-corrected chi connectivity index (χ1v) is 10.1. The van der Waals surface area contributed by atoms with E-state index >= 15 is 0 Å². The van der Waals surface area contributed by atoms with Gasteiger partial charge in [0, 0.05) is 13.7 Å². The molecule has 1 unspecified atom stereocenters. The normalized spacial score (nSPS) is 18.8. The molecule has 136 valence electrons. The number of benzene rings is 1. The quantitative estimate of drug-likeness (QED) is 0.673. The van der Waals surface area contributed by atoms with E-state index in [0.29, 0.717) is 19.8 Å². The van der Waals surface area contributed by atoms with Crippen LogP contribution in [0.15, 0.2) is 18.2 Å². The number of rotatable bonds is 8. The lowest BCUT2D eigenvalue weighted by atomic mass is 9.87. The summed E-state index contributed by atoms with van der Waals surface area (Å²) >= 11 is 0. The third-order valence-corrected chi connectivity index (χ3v) is 6.24. The number of hydrogen-bond acceptors (Lipinski definition) is 4. The van der Waals surface area contributed by atoms with Crippen molar-refractivity contribution in [2.24, 2.45) is 5.92 Å². The highest BCUT2D eigenvalue weighted by Gasteiger charge is 2.36. The molecule has 0 saturated heterocycles. The van der Waals surface area contributed by atoms with Crippen LogP contribution in [0.25, 0.3) is 0 Å². The van der Waals surface area contributed by atoms with E-state index < -0.39 is 10.0 Å². The second-order valence-corrected chi connectivity index (χ2v) is 8.71. The van der Waals surface area contributed by atoms with Gasteiger partial charge in [-0.2, -0.15) is 4.31 Å². The van der Waals surface area contributed by atoms with Crippen LogP contribution >= 0.6 is 0 Å². The summed E-state index contributed by atoms with van der Waals surface area (Å²) in [7, 11) is -1.75. The Morgan fingerprint density at radius 1 is 1.25 bits per heavy atom.